The topological polar surface area (TPSA) is 29.2 Å². The molecule has 1 aliphatic rings. The quantitative estimate of drug-likeness (QED) is 0.161. The van der Waals surface area contributed by atoms with Crippen molar-refractivity contribution in [2.24, 2.45) is 0 Å². The fourth-order valence-corrected chi connectivity index (χ4v) is 8.54. The van der Waals surface area contributed by atoms with E-state index >= 15 is 0 Å². The number of hydrogen-bond acceptors (Lipinski definition) is 3. The molecule has 0 aliphatic carbocycles. The zero-order valence-electron chi connectivity index (χ0n) is 31.0. The van der Waals surface area contributed by atoms with E-state index in [0.29, 0.717) is 0 Å². The first-order valence-electron chi connectivity index (χ1n) is 17.9. The summed E-state index contributed by atoms with van der Waals surface area (Å²) in [6, 6.07) is 44.6. The molecular formula is C47H40N5Pt-3. The summed E-state index contributed by atoms with van der Waals surface area (Å²) in [6.07, 6.45) is 2.05. The molecule has 266 valence electrons. The molecule has 0 radical (unpaired) electrons. The SMILES string of the molecule is Cc1cc(C)c(-c2cnn(-c3[c-]c4c(cc3)c3ccccc3n4-c3[c-]c(N4[CH-]N(C)c5ccccc54)ccc3)c2-c2c(C)cc(C)cc2C)c(C)c1.[Pt]. The third kappa shape index (κ3) is 5.61. The molecule has 8 aromatic rings. The Kier molecular flexibility index (Phi) is 8.66. The molecule has 0 amide bonds. The van der Waals surface area contributed by atoms with E-state index in [0.717, 1.165) is 50.4 Å². The van der Waals surface area contributed by atoms with Crippen molar-refractivity contribution in [3.63, 3.8) is 0 Å². The molecule has 0 saturated heterocycles. The first-order chi connectivity index (χ1) is 25.2. The van der Waals surface area contributed by atoms with Crippen molar-refractivity contribution >= 4 is 38.9 Å². The molecule has 53 heavy (non-hydrogen) atoms. The van der Waals surface area contributed by atoms with E-state index in [-0.39, 0.29) is 21.1 Å². The van der Waals surface area contributed by atoms with Crippen LogP contribution in [0.4, 0.5) is 17.1 Å². The molecule has 6 aromatic carbocycles. The Morgan fingerprint density at radius 1 is 0.585 bits per heavy atom. The van der Waals surface area contributed by atoms with Gasteiger partial charge >= 0.3 is 0 Å². The van der Waals surface area contributed by atoms with Gasteiger partial charge < -0.3 is 14.4 Å². The minimum atomic E-state index is 0. The van der Waals surface area contributed by atoms with Gasteiger partial charge in [0.2, 0.25) is 0 Å². The number of benzene rings is 6. The second-order valence-electron chi connectivity index (χ2n) is 14.3. The Morgan fingerprint density at radius 2 is 1.21 bits per heavy atom. The number of hydrogen-bond donors (Lipinski definition) is 0. The number of nitrogens with zero attached hydrogens (tertiary/aromatic N) is 5. The van der Waals surface area contributed by atoms with Gasteiger partial charge in [-0.1, -0.05) is 76.9 Å². The van der Waals surface area contributed by atoms with Crippen LogP contribution in [0.5, 0.6) is 0 Å². The van der Waals surface area contributed by atoms with Crippen molar-refractivity contribution in [2.75, 3.05) is 16.8 Å². The Labute approximate surface area is 326 Å². The summed E-state index contributed by atoms with van der Waals surface area (Å²) in [7, 11) is 2.09. The second kappa shape index (κ2) is 13.2. The molecule has 2 aromatic heterocycles. The maximum Gasteiger partial charge on any atom is 0.0799 e. The summed E-state index contributed by atoms with van der Waals surface area (Å²) in [5.41, 5.74) is 19.4. The van der Waals surface area contributed by atoms with Crippen LogP contribution in [0, 0.1) is 60.3 Å². The van der Waals surface area contributed by atoms with Crippen LogP contribution in [-0.4, -0.2) is 21.4 Å². The van der Waals surface area contributed by atoms with Gasteiger partial charge in [-0.3, -0.25) is 4.68 Å². The van der Waals surface area contributed by atoms with E-state index in [1.807, 2.05) is 6.20 Å². The van der Waals surface area contributed by atoms with Gasteiger partial charge in [0.25, 0.3) is 0 Å². The third-order valence-corrected chi connectivity index (χ3v) is 10.5. The Bertz CT molecular complexity index is 2670. The van der Waals surface area contributed by atoms with E-state index in [9.17, 15) is 0 Å². The summed E-state index contributed by atoms with van der Waals surface area (Å²) in [4.78, 5) is 4.37. The van der Waals surface area contributed by atoms with Gasteiger partial charge in [0.1, 0.15) is 0 Å². The van der Waals surface area contributed by atoms with Crippen LogP contribution in [0.1, 0.15) is 33.4 Å². The molecule has 3 heterocycles. The third-order valence-electron chi connectivity index (χ3n) is 10.5. The van der Waals surface area contributed by atoms with Gasteiger partial charge in [-0.25, -0.2) is 0 Å². The van der Waals surface area contributed by atoms with Gasteiger partial charge in [0, 0.05) is 49.1 Å². The fourth-order valence-electron chi connectivity index (χ4n) is 8.54. The zero-order valence-corrected chi connectivity index (χ0v) is 33.3. The molecule has 0 atom stereocenters. The normalized spacial score (nSPS) is 12.5. The molecule has 0 N–H and O–H groups in total. The van der Waals surface area contributed by atoms with Gasteiger partial charge in [0.05, 0.1) is 11.9 Å². The number of fused-ring (bicyclic) bond motifs is 4. The van der Waals surface area contributed by atoms with Crippen molar-refractivity contribution < 1.29 is 21.1 Å². The number of anilines is 3. The number of aryl methyl sites for hydroxylation is 6. The minimum Gasteiger partial charge on any atom is -0.504 e. The van der Waals surface area contributed by atoms with Crippen LogP contribution in [0.2, 0.25) is 0 Å². The standard InChI is InChI=1S/C47H40N5.Pt/c1-29-21-31(3)45(32(4)22-29)40-27-48-52(47(40)46-33(5)23-30(2)24-34(46)6)37-19-20-39-38-15-8-9-16-41(38)51(44(39)26-37)36-14-12-13-35(25-36)50-28-49(7)42-17-10-11-18-43(42)50;/h8-24,27-28H,1-7H3;/q-3;. The average molecular weight is 870 g/mol. The average Bonchev–Trinajstić information content (AvgIpc) is 3.79. The van der Waals surface area contributed by atoms with E-state index in [1.165, 1.54) is 55.6 Å². The van der Waals surface area contributed by atoms with Crippen LogP contribution in [-0.2, 0) is 21.1 Å². The van der Waals surface area contributed by atoms with Crippen molar-refractivity contribution in [1.29, 1.82) is 0 Å². The van der Waals surface area contributed by atoms with Crippen LogP contribution >= 0.6 is 0 Å². The molecule has 0 saturated carbocycles. The molecular weight excluding hydrogens is 830 g/mol. The second-order valence-corrected chi connectivity index (χ2v) is 14.3. The zero-order chi connectivity index (χ0) is 35.8. The predicted molar refractivity (Wildman–Crippen MR) is 216 cm³/mol. The van der Waals surface area contributed by atoms with Crippen molar-refractivity contribution in [3.8, 4) is 33.8 Å². The van der Waals surface area contributed by atoms with Gasteiger partial charge in [0.15, 0.2) is 0 Å². The number of para-hydroxylation sites is 3. The van der Waals surface area contributed by atoms with E-state index < -0.39 is 0 Å². The van der Waals surface area contributed by atoms with Crippen molar-refractivity contribution in [1.82, 2.24) is 14.3 Å². The maximum atomic E-state index is 5.16. The van der Waals surface area contributed by atoms with E-state index in [1.54, 1.807) is 0 Å². The summed E-state index contributed by atoms with van der Waals surface area (Å²) in [6.45, 7) is 15.3. The Hall–Kier alpha value is -5.38. The van der Waals surface area contributed by atoms with Crippen molar-refractivity contribution in [3.05, 3.63) is 162 Å². The molecule has 9 rings (SSSR count). The van der Waals surface area contributed by atoms with Crippen LogP contribution in [0.3, 0.4) is 0 Å². The van der Waals surface area contributed by atoms with Crippen LogP contribution in [0.15, 0.2) is 109 Å². The maximum absolute atomic E-state index is 5.16. The van der Waals surface area contributed by atoms with Crippen LogP contribution in [0.25, 0.3) is 55.6 Å². The molecule has 0 unspecified atom stereocenters. The molecule has 6 heteroatoms. The smallest absolute Gasteiger partial charge is 0.0799 e. The van der Waals surface area contributed by atoms with Crippen LogP contribution < -0.4 is 9.80 Å². The van der Waals surface area contributed by atoms with Gasteiger partial charge in [-0.05, 0) is 106 Å². The molecule has 0 fully saturated rings. The fraction of sp³-hybridized carbons (Fsp3) is 0.149. The van der Waals surface area contributed by atoms with Gasteiger partial charge in [-0.2, -0.15) is 23.9 Å². The first kappa shape index (κ1) is 34.7. The predicted octanol–water partition coefficient (Wildman–Crippen LogP) is 11.5. The summed E-state index contributed by atoms with van der Waals surface area (Å²) in [5, 5.41) is 7.47. The van der Waals surface area contributed by atoms with Gasteiger partial charge in [-0.15, -0.1) is 41.4 Å². The first-order valence-corrected chi connectivity index (χ1v) is 17.9. The largest absolute Gasteiger partial charge is 0.504 e. The Balaban J connectivity index is 0.00000400. The summed E-state index contributed by atoms with van der Waals surface area (Å²) < 4.78 is 4.40. The summed E-state index contributed by atoms with van der Waals surface area (Å²) >= 11 is 0. The monoisotopic (exact) mass is 869 g/mol. The molecule has 0 spiro atoms. The molecule has 5 nitrogen and oxygen atoms in total. The summed E-state index contributed by atoms with van der Waals surface area (Å²) in [5.74, 6) is 0. The molecule has 1 aliphatic heterocycles. The van der Waals surface area contributed by atoms with E-state index in [4.69, 9.17) is 5.10 Å². The number of aromatic nitrogens is 3. The number of rotatable bonds is 5. The Morgan fingerprint density at radius 3 is 1.92 bits per heavy atom. The van der Waals surface area contributed by atoms with E-state index in [2.05, 4.69) is 190 Å². The van der Waals surface area contributed by atoms with Crippen molar-refractivity contribution in [2.45, 2.75) is 41.5 Å². The minimum absolute atomic E-state index is 0. The molecule has 0 bridgehead atoms.